The molecule has 1 heterocycles. The summed E-state index contributed by atoms with van der Waals surface area (Å²) in [7, 11) is 0. The number of hydrogen-bond donors (Lipinski definition) is 4. The molecule has 24 heavy (non-hydrogen) atoms. The van der Waals surface area contributed by atoms with Gasteiger partial charge in [-0.3, -0.25) is 14.9 Å². The van der Waals surface area contributed by atoms with Crippen LogP contribution in [-0.2, 0) is 16.0 Å². The van der Waals surface area contributed by atoms with E-state index >= 15 is 0 Å². The molecule has 0 unspecified atom stereocenters. The Morgan fingerprint density at radius 1 is 1.25 bits per heavy atom. The molecule has 1 aliphatic carbocycles. The van der Waals surface area contributed by atoms with Crippen LogP contribution >= 0.6 is 0 Å². The second-order valence-electron chi connectivity index (χ2n) is 5.18. The van der Waals surface area contributed by atoms with Crippen molar-refractivity contribution in [3.05, 3.63) is 41.8 Å². The first-order valence-electron chi connectivity index (χ1n) is 7.09. The molecule has 0 radical (unpaired) electrons. The van der Waals surface area contributed by atoms with Gasteiger partial charge < -0.3 is 21.3 Å². The number of anilines is 1. The van der Waals surface area contributed by atoms with Crippen LogP contribution in [0.15, 0.2) is 40.2 Å². The second kappa shape index (κ2) is 6.36. The van der Waals surface area contributed by atoms with Gasteiger partial charge in [0.2, 0.25) is 6.39 Å². The number of fused-ring (bicyclic) bond motifs is 1. The van der Waals surface area contributed by atoms with Gasteiger partial charge in [-0.05, 0) is 22.7 Å². The minimum Gasteiger partial charge on any atom is -0.370 e. The normalized spacial score (nSPS) is 18.5. The van der Waals surface area contributed by atoms with Crippen molar-refractivity contribution in [3.63, 3.8) is 0 Å². The van der Waals surface area contributed by atoms with E-state index in [1.807, 2.05) is 24.3 Å². The molecular formula is C14H15N7O3. The molecule has 2 amide bonds. The largest absolute Gasteiger partial charge is 0.370 e. The first-order chi connectivity index (χ1) is 11.5. The van der Waals surface area contributed by atoms with Crippen LogP contribution in [0.3, 0.4) is 0 Å². The number of hydrogen-bond acceptors (Lipinski definition) is 6. The first kappa shape index (κ1) is 15.5. The summed E-state index contributed by atoms with van der Waals surface area (Å²) < 4.78 is 4.48. The lowest BCUT2D eigenvalue weighted by atomic mass is 10.1. The van der Waals surface area contributed by atoms with E-state index in [9.17, 15) is 9.59 Å². The lowest BCUT2D eigenvalue weighted by Crippen LogP contribution is -2.41. The summed E-state index contributed by atoms with van der Waals surface area (Å²) in [5, 5.41) is 8.28. The SMILES string of the molecule is NC(N)=N[C@H]1Cc2ccccc2[C@@H]1NC(=O)C(=O)Nc1ncon1. The van der Waals surface area contributed by atoms with Crippen molar-refractivity contribution >= 4 is 23.7 Å². The number of carbonyl (C=O) groups excluding carboxylic acids is 2. The maximum Gasteiger partial charge on any atom is 0.316 e. The molecule has 2 aromatic rings. The molecule has 0 aliphatic heterocycles. The maximum atomic E-state index is 12.1. The lowest BCUT2D eigenvalue weighted by Gasteiger charge is -2.18. The van der Waals surface area contributed by atoms with E-state index in [1.165, 1.54) is 0 Å². The van der Waals surface area contributed by atoms with Gasteiger partial charge in [-0.2, -0.15) is 4.98 Å². The number of carbonyl (C=O) groups is 2. The fourth-order valence-corrected chi connectivity index (χ4v) is 2.65. The monoisotopic (exact) mass is 329 g/mol. The average molecular weight is 329 g/mol. The van der Waals surface area contributed by atoms with Gasteiger partial charge in [0.05, 0.1) is 12.1 Å². The second-order valence-corrected chi connectivity index (χ2v) is 5.18. The Morgan fingerprint density at radius 2 is 2.04 bits per heavy atom. The Hall–Kier alpha value is -3.43. The van der Waals surface area contributed by atoms with Gasteiger partial charge in [-0.25, -0.2) is 4.99 Å². The molecule has 1 aromatic heterocycles. The van der Waals surface area contributed by atoms with Crippen molar-refractivity contribution in [2.24, 2.45) is 16.5 Å². The highest BCUT2D eigenvalue weighted by molar-refractivity contribution is 6.39. The molecule has 0 spiro atoms. The van der Waals surface area contributed by atoms with Gasteiger partial charge >= 0.3 is 11.8 Å². The van der Waals surface area contributed by atoms with Crippen LogP contribution in [0.25, 0.3) is 0 Å². The summed E-state index contributed by atoms with van der Waals surface area (Å²) >= 11 is 0. The van der Waals surface area contributed by atoms with Crippen molar-refractivity contribution in [3.8, 4) is 0 Å². The quantitative estimate of drug-likeness (QED) is 0.321. The highest BCUT2D eigenvalue weighted by Gasteiger charge is 2.34. The van der Waals surface area contributed by atoms with E-state index in [-0.39, 0.29) is 17.9 Å². The first-order valence-corrected chi connectivity index (χ1v) is 7.09. The highest BCUT2D eigenvalue weighted by atomic mass is 16.5. The molecule has 1 aliphatic rings. The molecule has 0 fully saturated rings. The predicted molar refractivity (Wildman–Crippen MR) is 83.6 cm³/mol. The zero-order chi connectivity index (χ0) is 17.1. The Bertz CT molecular complexity index is 783. The Labute approximate surface area is 136 Å². The number of aliphatic imine (C=N–C) groups is 1. The van der Waals surface area contributed by atoms with E-state index in [0.717, 1.165) is 17.5 Å². The van der Waals surface area contributed by atoms with E-state index in [0.29, 0.717) is 6.42 Å². The highest BCUT2D eigenvalue weighted by Crippen LogP contribution is 2.33. The third kappa shape index (κ3) is 3.16. The Balaban J connectivity index is 1.76. The number of benzene rings is 1. The molecule has 124 valence electrons. The topological polar surface area (TPSA) is 162 Å². The number of nitrogens with one attached hydrogen (secondary N) is 2. The van der Waals surface area contributed by atoms with Gasteiger partial charge in [0, 0.05) is 0 Å². The number of nitrogens with zero attached hydrogens (tertiary/aromatic N) is 3. The van der Waals surface area contributed by atoms with Crippen LogP contribution in [0.5, 0.6) is 0 Å². The van der Waals surface area contributed by atoms with Crippen LogP contribution in [0.4, 0.5) is 5.95 Å². The molecule has 10 nitrogen and oxygen atoms in total. The van der Waals surface area contributed by atoms with Crippen molar-refractivity contribution in [1.82, 2.24) is 15.5 Å². The third-order valence-electron chi connectivity index (χ3n) is 3.60. The Kier molecular flexibility index (Phi) is 4.10. The zero-order valence-corrected chi connectivity index (χ0v) is 12.5. The summed E-state index contributed by atoms with van der Waals surface area (Å²) in [6, 6.07) is 6.63. The number of nitrogens with two attached hydrogens (primary N) is 2. The van der Waals surface area contributed by atoms with Crippen LogP contribution in [0, 0.1) is 0 Å². The van der Waals surface area contributed by atoms with E-state index < -0.39 is 17.9 Å². The van der Waals surface area contributed by atoms with E-state index in [4.69, 9.17) is 11.5 Å². The Morgan fingerprint density at radius 3 is 2.75 bits per heavy atom. The van der Waals surface area contributed by atoms with Crippen LogP contribution in [-0.4, -0.2) is 34.0 Å². The van der Waals surface area contributed by atoms with Gasteiger partial charge in [0.25, 0.3) is 5.95 Å². The van der Waals surface area contributed by atoms with Crippen LogP contribution in [0.2, 0.25) is 0 Å². The number of rotatable bonds is 3. The van der Waals surface area contributed by atoms with Crippen LogP contribution < -0.4 is 22.1 Å². The van der Waals surface area contributed by atoms with Gasteiger partial charge in [-0.1, -0.05) is 24.3 Å². The minimum atomic E-state index is -0.913. The molecule has 3 rings (SSSR count). The van der Waals surface area contributed by atoms with Crippen LogP contribution in [0.1, 0.15) is 17.2 Å². The summed E-state index contributed by atoms with van der Waals surface area (Å²) in [6.45, 7) is 0. The third-order valence-corrected chi connectivity index (χ3v) is 3.60. The summed E-state index contributed by atoms with van der Waals surface area (Å²) in [5.74, 6) is -1.94. The zero-order valence-electron chi connectivity index (χ0n) is 12.5. The number of amides is 2. The minimum absolute atomic E-state index is 0.0803. The van der Waals surface area contributed by atoms with Gasteiger partial charge in [0.1, 0.15) is 0 Å². The summed E-state index contributed by atoms with van der Waals surface area (Å²) in [5.41, 5.74) is 12.8. The molecule has 2 atom stereocenters. The lowest BCUT2D eigenvalue weighted by molar-refractivity contribution is -0.136. The maximum absolute atomic E-state index is 12.1. The fraction of sp³-hybridized carbons (Fsp3) is 0.214. The average Bonchev–Trinajstić information content (AvgIpc) is 3.15. The molecule has 10 heteroatoms. The van der Waals surface area contributed by atoms with Gasteiger partial charge in [0.15, 0.2) is 5.96 Å². The van der Waals surface area contributed by atoms with Gasteiger partial charge in [-0.15, -0.1) is 0 Å². The summed E-state index contributed by atoms with van der Waals surface area (Å²) in [4.78, 5) is 31.8. The molecular weight excluding hydrogens is 314 g/mol. The van der Waals surface area contributed by atoms with Crippen molar-refractivity contribution in [2.75, 3.05) is 5.32 Å². The fourth-order valence-electron chi connectivity index (χ4n) is 2.65. The molecule has 6 N–H and O–H groups in total. The van der Waals surface area contributed by atoms with Crippen molar-refractivity contribution in [2.45, 2.75) is 18.5 Å². The smallest absolute Gasteiger partial charge is 0.316 e. The van der Waals surface area contributed by atoms with E-state index in [2.05, 4.69) is 30.3 Å². The predicted octanol–water partition coefficient (Wildman–Crippen LogP) is -0.936. The number of guanidine groups is 1. The molecule has 0 bridgehead atoms. The van der Waals surface area contributed by atoms with Crippen molar-refractivity contribution < 1.29 is 14.1 Å². The standard InChI is InChI=1S/C14H15N7O3/c15-13(16)18-9-5-7-3-1-2-4-8(7)10(9)19-11(22)12(23)20-14-17-6-24-21-14/h1-4,6,9-10H,5H2,(H,19,22)(H4,15,16,18)(H,20,21,23)/t9-,10-/m0/s1. The van der Waals surface area contributed by atoms with Crippen molar-refractivity contribution in [1.29, 1.82) is 0 Å². The number of aromatic nitrogens is 2. The summed E-state index contributed by atoms with van der Waals surface area (Å²) in [6.07, 6.45) is 1.60. The van der Waals surface area contributed by atoms with E-state index in [1.54, 1.807) is 0 Å². The molecule has 0 saturated carbocycles. The molecule has 0 saturated heterocycles. The molecule has 1 aromatic carbocycles.